The number of nitrogens with one attached hydrogen (secondary N) is 1. The number of carbonyl (C=O) groups excluding carboxylic acids is 1. The average molecular weight is 956 g/mol. The van der Waals surface area contributed by atoms with Crippen LogP contribution in [0, 0.1) is 0 Å². The molecule has 0 saturated carbocycles. The number of phosphoric ester groups is 1. The lowest BCUT2D eigenvalue weighted by Crippen LogP contribution is -2.45. The van der Waals surface area contributed by atoms with Crippen molar-refractivity contribution in [2.75, 3.05) is 40.9 Å². The number of aliphatic hydroxyl groups excluding tert-OH is 1. The SMILES string of the molecule is CC/C=C\C/C=C\C/C=C\C/C=C\C/C=C\C/C=C\C/C=C\CCCCCCCC(=O)NC(COP(=O)(O)OCC[N+](C)(C)C)C(O)/C=C/CCCCCCCCCCCCCCCCCC. The summed E-state index contributed by atoms with van der Waals surface area (Å²) in [7, 11) is 1.54. The molecule has 0 rings (SSSR count). The second-order valence-corrected chi connectivity index (χ2v) is 20.7. The normalized spacial score (nSPS) is 14.8. The number of quaternary nitrogens is 1. The van der Waals surface area contributed by atoms with E-state index in [1.165, 1.54) is 89.9 Å². The van der Waals surface area contributed by atoms with Crippen molar-refractivity contribution in [2.45, 2.75) is 225 Å². The van der Waals surface area contributed by atoms with Crippen LogP contribution in [0.4, 0.5) is 0 Å². The number of hydrogen-bond acceptors (Lipinski definition) is 5. The standard InChI is InChI=1S/C58H103N2O6P/c1-6-8-10-12-14-16-18-20-22-24-26-27-28-29-30-31-32-33-34-36-38-40-42-44-46-48-50-52-58(62)59-56(55-66-67(63,64)65-54-53-60(3,4)5)57(61)51-49-47-45-43-41-39-37-35-25-23-21-19-17-15-13-11-9-7-2/h8,10,14,16,20,22,26-27,29-30,32-33,36,38,49,51,56-57,61H,6-7,9,11-13,15,17-19,21,23-25,28,31,34-35,37,39-48,50,52-55H2,1-5H3,(H-,59,62,63,64)/p+1/b10-8-,16-14-,22-20-,27-26-,30-29-,33-32-,38-36-,51-49+. The lowest BCUT2D eigenvalue weighted by molar-refractivity contribution is -0.870. The molecule has 0 aliphatic rings. The van der Waals surface area contributed by atoms with Crippen molar-refractivity contribution >= 4 is 13.7 Å². The molecular weight excluding hydrogens is 852 g/mol. The predicted octanol–water partition coefficient (Wildman–Crippen LogP) is 16.3. The molecule has 0 spiro atoms. The Bertz CT molecular complexity index is 1410. The Kier molecular flexibility index (Phi) is 46.6. The van der Waals surface area contributed by atoms with Crippen molar-refractivity contribution in [1.82, 2.24) is 5.32 Å². The first kappa shape index (κ1) is 64.4. The zero-order valence-corrected chi connectivity index (χ0v) is 44.8. The minimum absolute atomic E-state index is 0.0523. The highest BCUT2D eigenvalue weighted by atomic mass is 31.2. The second kappa shape index (κ2) is 48.4. The molecule has 0 aromatic rings. The quantitative estimate of drug-likeness (QED) is 0.0243. The van der Waals surface area contributed by atoms with Gasteiger partial charge in [-0.1, -0.05) is 227 Å². The van der Waals surface area contributed by atoms with E-state index in [0.717, 1.165) is 103 Å². The number of hydrogen-bond donors (Lipinski definition) is 3. The van der Waals surface area contributed by atoms with Gasteiger partial charge in [-0.3, -0.25) is 13.8 Å². The maximum Gasteiger partial charge on any atom is 0.472 e. The number of rotatable bonds is 48. The Hall–Kier alpha value is -2.58. The van der Waals surface area contributed by atoms with Crippen molar-refractivity contribution in [3.05, 3.63) is 97.2 Å². The summed E-state index contributed by atoms with van der Waals surface area (Å²) in [6, 6.07) is -0.864. The van der Waals surface area contributed by atoms with Crippen LogP contribution in [-0.2, 0) is 18.4 Å². The minimum atomic E-state index is -4.36. The minimum Gasteiger partial charge on any atom is -0.387 e. The number of phosphoric acid groups is 1. The van der Waals surface area contributed by atoms with E-state index in [-0.39, 0.29) is 19.1 Å². The number of likely N-dealkylation sites (N-methyl/N-ethyl adjacent to an activating group) is 1. The van der Waals surface area contributed by atoms with Gasteiger partial charge in [0.25, 0.3) is 0 Å². The summed E-state index contributed by atoms with van der Waals surface area (Å²) >= 11 is 0. The van der Waals surface area contributed by atoms with Crippen LogP contribution in [0.5, 0.6) is 0 Å². The molecule has 0 heterocycles. The Morgan fingerprint density at radius 2 is 0.896 bits per heavy atom. The maximum absolute atomic E-state index is 13.0. The molecule has 0 aliphatic heterocycles. The lowest BCUT2D eigenvalue weighted by Gasteiger charge is -2.25. The van der Waals surface area contributed by atoms with Crippen LogP contribution in [0.3, 0.4) is 0 Å². The molecule has 0 bridgehead atoms. The van der Waals surface area contributed by atoms with E-state index in [0.29, 0.717) is 17.4 Å². The van der Waals surface area contributed by atoms with Crippen LogP contribution in [0.1, 0.15) is 213 Å². The summed E-state index contributed by atoms with van der Waals surface area (Å²) < 4.78 is 23.7. The number of nitrogens with zero attached hydrogens (tertiary/aromatic N) is 1. The van der Waals surface area contributed by atoms with E-state index in [9.17, 15) is 19.4 Å². The van der Waals surface area contributed by atoms with E-state index >= 15 is 0 Å². The summed E-state index contributed by atoms with van der Waals surface area (Å²) in [5.41, 5.74) is 0. The molecule has 0 aromatic heterocycles. The van der Waals surface area contributed by atoms with Crippen molar-refractivity contribution in [2.24, 2.45) is 0 Å². The molecule has 1 amide bonds. The molecule has 3 unspecified atom stereocenters. The van der Waals surface area contributed by atoms with Crippen LogP contribution in [0.25, 0.3) is 0 Å². The summed E-state index contributed by atoms with van der Waals surface area (Å²) in [6.45, 7) is 4.68. The van der Waals surface area contributed by atoms with Gasteiger partial charge in [-0.2, -0.15) is 0 Å². The highest BCUT2D eigenvalue weighted by Gasteiger charge is 2.27. The molecule has 8 nitrogen and oxygen atoms in total. The van der Waals surface area contributed by atoms with Crippen LogP contribution >= 0.6 is 7.82 Å². The number of carbonyl (C=O) groups is 1. The zero-order chi connectivity index (χ0) is 49.2. The maximum atomic E-state index is 13.0. The fraction of sp³-hybridized carbons (Fsp3) is 0.707. The fourth-order valence-electron chi connectivity index (χ4n) is 7.32. The lowest BCUT2D eigenvalue weighted by atomic mass is 10.0. The molecule has 67 heavy (non-hydrogen) atoms. The van der Waals surface area contributed by atoms with Gasteiger partial charge in [-0.25, -0.2) is 4.57 Å². The summed E-state index contributed by atoms with van der Waals surface area (Å²) in [6.07, 6.45) is 69.2. The van der Waals surface area contributed by atoms with Crippen LogP contribution in [-0.4, -0.2) is 73.4 Å². The van der Waals surface area contributed by atoms with Gasteiger partial charge in [0.1, 0.15) is 13.2 Å². The van der Waals surface area contributed by atoms with Gasteiger partial charge in [0.05, 0.1) is 39.9 Å². The van der Waals surface area contributed by atoms with Gasteiger partial charge in [0, 0.05) is 6.42 Å². The monoisotopic (exact) mass is 956 g/mol. The Balaban J connectivity index is 4.35. The van der Waals surface area contributed by atoms with Crippen molar-refractivity contribution in [1.29, 1.82) is 0 Å². The van der Waals surface area contributed by atoms with Gasteiger partial charge >= 0.3 is 7.82 Å². The van der Waals surface area contributed by atoms with Crippen molar-refractivity contribution in [3.8, 4) is 0 Å². The first-order chi connectivity index (χ1) is 32.5. The molecule has 0 radical (unpaired) electrons. The first-order valence-corrected chi connectivity index (χ1v) is 28.6. The third-order valence-electron chi connectivity index (χ3n) is 11.6. The molecular formula is C58H104N2O6P+. The van der Waals surface area contributed by atoms with E-state index in [1.807, 2.05) is 27.2 Å². The van der Waals surface area contributed by atoms with Gasteiger partial charge in [-0.05, 0) is 77.0 Å². The fourth-order valence-corrected chi connectivity index (χ4v) is 8.05. The van der Waals surface area contributed by atoms with Crippen LogP contribution < -0.4 is 5.32 Å². The van der Waals surface area contributed by atoms with Crippen LogP contribution in [0.2, 0.25) is 0 Å². The number of aliphatic hydroxyl groups is 1. The van der Waals surface area contributed by atoms with Crippen molar-refractivity contribution < 1.29 is 32.9 Å². The molecule has 386 valence electrons. The second-order valence-electron chi connectivity index (χ2n) is 19.2. The molecule has 0 fully saturated rings. The molecule has 0 aliphatic carbocycles. The largest absolute Gasteiger partial charge is 0.472 e. The summed E-state index contributed by atoms with van der Waals surface area (Å²) in [5.74, 6) is -0.199. The molecule has 3 N–H and O–H groups in total. The first-order valence-electron chi connectivity index (χ1n) is 27.1. The summed E-state index contributed by atoms with van der Waals surface area (Å²) in [5, 5.41) is 13.9. The zero-order valence-electron chi connectivity index (χ0n) is 43.9. The van der Waals surface area contributed by atoms with Gasteiger partial charge in [0.2, 0.25) is 5.91 Å². The third-order valence-corrected chi connectivity index (χ3v) is 12.5. The number of allylic oxidation sites excluding steroid dienone is 15. The smallest absolute Gasteiger partial charge is 0.387 e. The molecule has 3 atom stereocenters. The average Bonchev–Trinajstić information content (AvgIpc) is 3.29. The highest BCUT2D eigenvalue weighted by molar-refractivity contribution is 7.47. The van der Waals surface area contributed by atoms with Crippen LogP contribution in [0.15, 0.2) is 97.2 Å². The Morgan fingerprint density at radius 3 is 1.31 bits per heavy atom. The number of amides is 1. The number of unbranched alkanes of at least 4 members (excludes halogenated alkanes) is 21. The van der Waals surface area contributed by atoms with Gasteiger partial charge < -0.3 is 19.8 Å². The Morgan fingerprint density at radius 1 is 0.522 bits per heavy atom. The predicted molar refractivity (Wildman–Crippen MR) is 290 cm³/mol. The van der Waals surface area contributed by atoms with E-state index < -0.39 is 20.0 Å². The van der Waals surface area contributed by atoms with E-state index in [1.54, 1.807) is 6.08 Å². The topological polar surface area (TPSA) is 105 Å². The summed E-state index contributed by atoms with van der Waals surface area (Å²) in [4.78, 5) is 23.3. The van der Waals surface area contributed by atoms with Gasteiger partial charge in [0.15, 0.2) is 0 Å². The Labute approximate surface area is 413 Å². The van der Waals surface area contributed by atoms with E-state index in [2.05, 4.69) is 104 Å². The van der Waals surface area contributed by atoms with E-state index in [4.69, 9.17) is 9.05 Å². The highest BCUT2D eigenvalue weighted by Crippen LogP contribution is 2.43. The molecule has 9 heteroatoms. The van der Waals surface area contributed by atoms with Crippen molar-refractivity contribution in [3.63, 3.8) is 0 Å². The molecule has 0 aromatic carbocycles. The van der Waals surface area contributed by atoms with Gasteiger partial charge in [-0.15, -0.1) is 0 Å². The third kappa shape index (κ3) is 51.1. The molecule has 0 saturated heterocycles.